The van der Waals surface area contributed by atoms with Crippen molar-refractivity contribution in [3.63, 3.8) is 0 Å². The minimum absolute atomic E-state index is 0.108. The Kier molecular flexibility index (Phi) is 9.02. The summed E-state index contributed by atoms with van der Waals surface area (Å²) >= 11 is 0. The number of carbonyl (C=O) groups is 1. The molecule has 1 amide bonds. The lowest BCUT2D eigenvalue weighted by molar-refractivity contribution is 0.00552. The van der Waals surface area contributed by atoms with E-state index in [1.54, 1.807) is 0 Å². The van der Waals surface area contributed by atoms with Crippen LogP contribution in [0.25, 0.3) is 0 Å². The van der Waals surface area contributed by atoms with Gasteiger partial charge in [0.25, 0.3) is 8.32 Å². The molecule has 0 aromatic heterocycles. The summed E-state index contributed by atoms with van der Waals surface area (Å²) in [5.41, 5.74) is -0.586. The third-order valence-electron chi connectivity index (χ3n) is 6.92. The lowest BCUT2D eigenvalue weighted by atomic mass is 9.93. The second kappa shape index (κ2) is 11.6. The first-order valence-electron chi connectivity index (χ1n) is 13.1. The van der Waals surface area contributed by atoms with Gasteiger partial charge in [0.1, 0.15) is 5.60 Å². The largest absolute Gasteiger partial charge is 0.444 e. The van der Waals surface area contributed by atoms with Crippen LogP contribution in [0, 0.1) is 17.2 Å². The zero-order valence-corrected chi connectivity index (χ0v) is 23.8. The zero-order valence-electron chi connectivity index (χ0n) is 22.8. The highest BCUT2D eigenvalue weighted by molar-refractivity contribution is 6.99. The Hall–Kier alpha value is -2.62. The van der Waals surface area contributed by atoms with Crippen molar-refractivity contribution in [2.45, 2.75) is 83.9 Å². The first-order chi connectivity index (χ1) is 17.0. The van der Waals surface area contributed by atoms with Gasteiger partial charge in [0.2, 0.25) is 0 Å². The van der Waals surface area contributed by atoms with Crippen LogP contribution < -0.4 is 10.4 Å². The molecule has 194 valence electrons. The predicted octanol–water partition coefficient (Wildman–Crippen LogP) is 5.88. The van der Waals surface area contributed by atoms with E-state index in [2.05, 4.69) is 75.4 Å². The van der Waals surface area contributed by atoms with E-state index in [1.807, 2.05) is 37.8 Å². The monoisotopic (exact) mass is 506 g/mol. The Morgan fingerprint density at radius 3 is 2.00 bits per heavy atom. The molecular weight excluding hydrogens is 464 g/mol. The molecule has 1 heterocycles. The molecule has 2 aromatic carbocycles. The highest BCUT2D eigenvalue weighted by Crippen LogP contribution is 2.37. The van der Waals surface area contributed by atoms with Crippen LogP contribution in [0.15, 0.2) is 60.7 Å². The zero-order chi connectivity index (χ0) is 26.4. The van der Waals surface area contributed by atoms with Crippen LogP contribution in [0.1, 0.15) is 67.2 Å². The summed E-state index contributed by atoms with van der Waals surface area (Å²) in [6.07, 6.45) is 2.91. The molecule has 0 saturated carbocycles. The molecule has 1 aliphatic heterocycles. The normalized spacial score (nSPS) is 19.6. The fourth-order valence-electron chi connectivity index (χ4n) is 5.25. The number of likely N-dealkylation sites (tertiary alicyclic amines) is 1. The van der Waals surface area contributed by atoms with E-state index in [9.17, 15) is 10.1 Å². The number of nitrogens with zero attached hydrogens (tertiary/aromatic N) is 2. The van der Waals surface area contributed by atoms with E-state index in [0.29, 0.717) is 19.6 Å². The van der Waals surface area contributed by atoms with E-state index in [-0.39, 0.29) is 23.1 Å². The minimum atomic E-state index is -2.77. The van der Waals surface area contributed by atoms with E-state index in [4.69, 9.17) is 9.16 Å². The van der Waals surface area contributed by atoms with Crippen LogP contribution in [0.4, 0.5) is 4.79 Å². The summed E-state index contributed by atoms with van der Waals surface area (Å²) in [7, 11) is -2.77. The highest BCUT2D eigenvalue weighted by atomic mass is 28.4. The number of nitriles is 1. The van der Waals surface area contributed by atoms with Gasteiger partial charge in [-0.1, -0.05) is 87.9 Å². The molecule has 0 bridgehead atoms. The number of benzene rings is 2. The molecular formula is C30H42N2O3Si. The lowest BCUT2D eigenvalue weighted by Gasteiger charge is -2.45. The molecule has 5 nitrogen and oxygen atoms in total. The molecule has 2 atom stereocenters. The third-order valence-corrected chi connectivity index (χ3v) is 11.9. The summed E-state index contributed by atoms with van der Waals surface area (Å²) in [5.74, 6) is -0.108. The highest BCUT2D eigenvalue weighted by Gasteiger charge is 2.50. The molecule has 0 unspecified atom stereocenters. The molecule has 0 aliphatic carbocycles. The smallest absolute Gasteiger partial charge is 0.410 e. The Bertz CT molecular complexity index is 983. The second-order valence-corrected chi connectivity index (χ2v) is 16.2. The Morgan fingerprint density at radius 2 is 1.53 bits per heavy atom. The number of amides is 1. The molecule has 0 radical (unpaired) electrons. The summed E-state index contributed by atoms with van der Waals surface area (Å²) in [6, 6.07) is 23.3. The van der Waals surface area contributed by atoms with Crippen molar-refractivity contribution >= 4 is 24.8 Å². The Labute approximate surface area is 218 Å². The first kappa shape index (κ1) is 28.0. The maximum absolute atomic E-state index is 13.3. The van der Waals surface area contributed by atoms with Gasteiger partial charge < -0.3 is 14.1 Å². The SMILES string of the molecule is CC(C)(C)OC(=O)N1CCCC[C@H](C#N)C[C@H]1CO[Si](c1ccccc1)(c1ccccc1)C(C)(C)C. The van der Waals surface area contributed by atoms with Crippen LogP contribution in [-0.2, 0) is 9.16 Å². The minimum Gasteiger partial charge on any atom is -0.444 e. The lowest BCUT2D eigenvalue weighted by Crippen LogP contribution is -2.67. The summed E-state index contributed by atoms with van der Waals surface area (Å²) in [4.78, 5) is 15.1. The summed E-state index contributed by atoms with van der Waals surface area (Å²) < 4.78 is 13.0. The van der Waals surface area contributed by atoms with Crippen molar-refractivity contribution in [1.29, 1.82) is 5.26 Å². The van der Waals surface area contributed by atoms with E-state index in [0.717, 1.165) is 19.3 Å². The number of rotatable bonds is 5. The first-order valence-corrected chi connectivity index (χ1v) is 15.0. The fourth-order valence-corrected chi connectivity index (χ4v) is 9.85. The van der Waals surface area contributed by atoms with E-state index >= 15 is 0 Å². The molecule has 36 heavy (non-hydrogen) atoms. The average Bonchev–Trinajstić information content (AvgIpc) is 2.80. The van der Waals surface area contributed by atoms with Gasteiger partial charge in [-0.25, -0.2) is 4.79 Å². The average molecular weight is 507 g/mol. The van der Waals surface area contributed by atoms with Gasteiger partial charge in [-0.05, 0) is 55.4 Å². The molecule has 1 saturated heterocycles. The van der Waals surface area contributed by atoms with Crippen LogP contribution in [0.3, 0.4) is 0 Å². The summed E-state index contributed by atoms with van der Waals surface area (Å²) in [5, 5.41) is 12.1. The number of hydrogen-bond donors (Lipinski definition) is 0. The van der Waals surface area contributed by atoms with Crippen molar-refractivity contribution in [1.82, 2.24) is 4.90 Å². The van der Waals surface area contributed by atoms with E-state index < -0.39 is 13.9 Å². The van der Waals surface area contributed by atoms with Crippen molar-refractivity contribution < 1.29 is 14.0 Å². The van der Waals surface area contributed by atoms with Gasteiger partial charge in [-0.3, -0.25) is 0 Å². The number of ether oxygens (including phenoxy) is 1. The number of carbonyl (C=O) groups excluding carboxylic acids is 1. The molecule has 0 spiro atoms. The van der Waals surface area contributed by atoms with Crippen molar-refractivity contribution in [3.8, 4) is 6.07 Å². The van der Waals surface area contributed by atoms with Gasteiger partial charge in [-0.2, -0.15) is 5.26 Å². The Balaban J connectivity index is 2.04. The van der Waals surface area contributed by atoms with Crippen molar-refractivity contribution in [2.24, 2.45) is 5.92 Å². The molecule has 2 aromatic rings. The maximum atomic E-state index is 13.3. The number of hydrogen-bond acceptors (Lipinski definition) is 4. The van der Waals surface area contributed by atoms with Crippen LogP contribution >= 0.6 is 0 Å². The van der Waals surface area contributed by atoms with Gasteiger partial charge in [-0.15, -0.1) is 0 Å². The van der Waals surface area contributed by atoms with Gasteiger partial charge in [0, 0.05) is 12.5 Å². The van der Waals surface area contributed by atoms with Crippen molar-refractivity contribution in [3.05, 3.63) is 60.7 Å². The molecule has 1 aliphatic rings. The van der Waals surface area contributed by atoms with Crippen LogP contribution in [0.2, 0.25) is 5.04 Å². The molecule has 0 N–H and O–H groups in total. The fraction of sp³-hybridized carbons (Fsp3) is 0.533. The maximum Gasteiger partial charge on any atom is 0.410 e. The van der Waals surface area contributed by atoms with Crippen LogP contribution in [-0.4, -0.2) is 44.1 Å². The van der Waals surface area contributed by atoms with Crippen molar-refractivity contribution in [2.75, 3.05) is 13.2 Å². The van der Waals surface area contributed by atoms with Crippen LogP contribution in [0.5, 0.6) is 0 Å². The van der Waals surface area contributed by atoms with Gasteiger partial charge in [0.05, 0.1) is 18.7 Å². The molecule has 3 rings (SSSR count). The second-order valence-electron chi connectivity index (χ2n) is 11.9. The third kappa shape index (κ3) is 6.57. The molecule has 6 heteroatoms. The summed E-state index contributed by atoms with van der Waals surface area (Å²) in [6.45, 7) is 13.4. The standard InChI is InChI=1S/C30H42N2O3Si/c1-29(2,3)35-28(33)32-20-14-13-15-24(22-31)21-25(32)23-34-36(30(4,5)6,26-16-9-7-10-17-26)27-18-11-8-12-19-27/h7-12,16-19,24-25H,13-15,20-21,23H2,1-6H3/t24-,25-/m0/s1. The van der Waals surface area contributed by atoms with E-state index in [1.165, 1.54) is 10.4 Å². The van der Waals surface area contributed by atoms with Gasteiger partial charge >= 0.3 is 6.09 Å². The quantitative estimate of drug-likeness (QED) is 0.475. The predicted molar refractivity (Wildman–Crippen MR) is 148 cm³/mol. The topological polar surface area (TPSA) is 62.6 Å². The molecule has 1 fully saturated rings. The Morgan fingerprint density at radius 1 is 0.972 bits per heavy atom. The van der Waals surface area contributed by atoms with Gasteiger partial charge in [0.15, 0.2) is 0 Å².